The van der Waals surface area contributed by atoms with Gasteiger partial charge in [-0.3, -0.25) is 9.59 Å². The van der Waals surface area contributed by atoms with Crippen molar-refractivity contribution in [2.24, 2.45) is 0 Å². The highest BCUT2D eigenvalue weighted by molar-refractivity contribution is 7.16. The number of esters is 1. The minimum atomic E-state index is -0.535. The fraction of sp³-hybridized carbons (Fsp3) is 0.222. The molecule has 0 atom stereocenters. The first-order valence-electron chi connectivity index (χ1n) is 11.2. The van der Waals surface area contributed by atoms with Crippen molar-refractivity contribution < 1.29 is 23.5 Å². The van der Waals surface area contributed by atoms with Crippen LogP contribution in [0.1, 0.15) is 33.3 Å². The van der Waals surface area contributed by atoms with Gasteiger partial charge in [0, 0.05) is 15.5 Å². The lowest BCUT2D eigenvalue weighted by molar-refractivity contribution is -0.118. The largest absolute Gasteiger partial charge is 0.476 e. The smallest absolute Gasteiger partial charge is 0.341 e. The SMILES string of the molecule is CCOC(=O)c1c(NC(=O)COc2c(-c3ccc(Cl)cc3)oc3cc(C)ccc3c2=O)sc(C)c1C. The molecule has 0 aliphatic heterocycles. The minimum Gasteiger partial charge on any atom is -0.476 e. The first-order chi connectivity index (χ1) is 17.2. The van der Waals surface area contributed by atoms with E-state index in [0.29, 0.717) is 32.1 Å². The van der Waals surface area contributed by atoms with E-state index in [4.69, 9.17) is 25.5 Å². The van der Waals surface area contributed by atoms with Crippen LogP contribution in [0.3, 0.4) is 0 Å². The van der Waals surface area contributed by atoms with Crippen LogP contribution in [0.15, 0.2) is 51.7 Å². The molecule has 2 aromatic carbocycles. The Labute approximate surface area is 216 Å². The first-order valence-corrected chi connectivity index (χ1v) is 12.4. The number of benzene rings is 2. The molecule has 0 saturated heterocycles. The Morgan fingerprint density at radius 1 is 1.08 bits per heavy atom. The van der Waals surface area contributed by atoms with E-state index < -0.39 is 23.9 Å². The summed E-state index contributed by atoms with van der Waals surface area (Å²) in [5, 5.41) is 3.95. The van der Waals surface area contributed by atoms with Gasteiger partial charge in [-0.1, -0.05) is 17.7 Å². The second kappa shape index (κ2) is 10.6. The summed E-state index contributed by atoms with van der Waals surface area (Å²) in [5.41, 5.74) is 2.57. The lowest BCUT2D eigenvalue weighted by Gasteiger charge is -2.12. The van der Waals surface area contributed by atoms with Crippen molar-refractivity contribution in [3.05, 3.63) is 79.3 Å². The molecule has 2 heterocycles. The fourth-order valence-corrected chi connectivity index (χ4v) is 4.86. The lowest BCUT2D eigenvalue weighted by atomic mass is 10.1. The number of carbonyl (C=O) groups is 2. The number of fused-ring (bicyclic) bond motifs is 1. The topological polar surface area (TPSA) is 94.8 Å². The van der Waals surface area contributed by atoms with E-state index >= 15 is 0 Å². The summed E-state index contributed by atoms with van der Waals surface area (Å²) in [4.78, 5) is 39.4. The molecule has 0 unspecified atom stereocenters. The van der Waals surface area contributed by atoms with Gasteiger partial charge in [-0.2, -0.15) is 0 Å². The third-order valence-electron chi connectivity index (χ3n) is 5.58. The van der Waals surface area contributed by atoms with Crippen LogP contribution in [0.5, 0.6) is 5.75 Å². The van der Waals surface area contributed by atoms with Crippen LogP contribution < -0.4 is 15.5 Å². The molecule has 4 aromatic rings. The van der Waals surface area contributed by atoms with Gasteiger partial charge < -0.3 is 19.2 Å². The van der Waals surface area contributed by atoms with Crippen molar-refractivity contribution in [3.8, 4) is 17.1 Å². The van der Waals surface area contributed by atoms with E-state index in [2.05, 4.69) is 5.32 Å². The molecule has 0 fully saturated rings. The van der Waals surface area contributed by atoms with E-state index in [1.165, 1.54) is 11.3 Å². The maximum Gasteiger partial charge on any atom is 0.341 e. The second-order valence-electron chi connectivity index (χ2n) is 8.14. The number of nitrogens with one attached hydrogen (secondary N) is 1. The van der Waals surface area contributed by atoms with Gasteiger partial charge in [0.25, 0.3) is 5.91 Å². The molecule has 9 heteroatoms. The highest BCUT2D eigenvalue weighted by Gasteiger charge is 2.23. The van der Waals surface area contributed by atoms with E-state index in [1.807, 2.05) is 13.8 Å². The van der Waals surface area contributed by atoms with Crippen molar-refractivity contribution in [2.75, 3.05) is 18.5 Å². The third-order valence-corrected chi connectivity index (χ3v) is 6.95. The number of rotatable bonds is 7. The number of halogens is 1. The van der Waals surface area contributed by atoms with E-state index in [1.54, 1.807) is 56.3 Å². The molecule has 186 valence electrons. The molecule has 2 aromatic heterocycles. The molecule has 36 heavy (non-hydrogen) atoms. The fourth-order valence-electron chi connectivity index (χ4n) is 3.67. The Balaban J connectivity index is 1.66. The van der Waals surface area contributed by atoms with Crippen molar-refractivity contribution in [2.45, 2.75) is 27.7 Å². The number of aryl methyl sites for hydroxylation is 2. The zero-order valence-electron chi connectivity index (χ0n) is 20.2. The standard InChI is InChI=1S/C27H24ClNO6S/c1-5-33-27(32)22-15(3)16(4)36-26(22)29-21(30)13-34-25-23(31)19-11-6-14(2)12-20(19)35-24(25)17-7-9-18(28)10-8-17/h6-12H,5,13H2,1-4H3,(H,29,30). The molecule has 0 radical (unpaired) electrons. The summed E-state index contributed by atoms with van der Waals surface area (Å²) in [6, 6.07) is 12.0. The van der Waals surface area contributed by atoms with Crippen molar-refractivity contribution in [1.82, 2.24) is 0 Å². The molecule has 0 aliphatic carbocycles. The molecule has 0 saturated carbocycles. The van der Waals surface area contributed by atoms with E-state index in [9.17, 15) is 14.4 Å². The zero-order valence-corrected chi connectivity index (χ0v) is 21.8. The maximum atomic E-state index is 13.3. The van der Waals surface area contributed by atoms with Crippen LogP contribution >= 0.6 is 22.9 Å². The first kappa shape index (κ1) is 25.5. The number of carbonyl (C=O) groups excluding carboxylic acids is 2. The van der Waals surface area contributed by atoms with Gasteiger partial charge in [0.1, 0.15) is 10.6 Å². The quantitative estimate of drug-likeness (QED) is 0.285. The van der Waals surface area contributed by atoms with Gasteiger partial charge in [0.05, 0.1) is 17.6 Å². The highest BCUT2D eigenvalue weighted by Crippen LogP contribution is 2.34. The average molecular weight is 526 g/mol. The number of hydrogen-bond acceptors (Lipinski definition) is 7. The number of ether oxygens (including phenoxy) is 2. The molecule has 1 N–H and O–H groups in total. The van der Waals surface area contributed by atoms with Gasteiger partial charge in [0.2, 0.25) is 11.2 Å². The monoisotopic (exact) mass is 525 g/mol. The van der Waals surface area contributed by atoms with Crippen molar-refractivity contribution in [3.63, 3.8) is 0 Å². The van der Waals surface area contributed by atoms with Gasteiger partial charge in [-0.05, 0) is 75.2 Å². The van der Waals surface area contributed by atoms with Crippen LogP contribution in [0.2, 0.25) is 5.02 Å². The molecule has 4 rings (SSSR count). The van der Waals surface area contributed by atoms with E-state index in [-0.39, 0.29) is 18.1 Å². The normalized spacial score (nSPS) is 10.9. The minimum absolute atomic E-state index is 0.0898. The van der Waals surface area contributed by atoms with Crippen molar-refractivity contribution in [1.29, 1.82) is 0 Å². The Bertz CT molecular complexity index is 1520. The van der Waals surface area contributed by atoms with Gasteiger partial charge in [-0.25, -0.2) is 4.79 Å². The van der Waals surface area contributed by atoms with Crippen LogP contribution in [-0.2, 0) is 9.53 Å². The predicted molar refractivity (Wildman–Crippen MR) is 142 cm³/mol. The Morgan fingerprint density at radius 2 is 1.81 bits per heavy atom. The van der Waals surface area contributed by atoms with E-state index in [0.717, 1.165) is 16.0 Å². The Hall–Kier alpha value is -3.62. The average Bonchev–Trinajstić information content (AvgIpc) is 3.11. The summed E-state index contributed by atoms with van der Waals surface area (Å²) >= 11 is 7.30. The van der Waals surface area contributed by atoms with Crippen LogP contribution in [0.25, 0.3) is 22.3 Å². The summed E-state index contributed by atoms with van der Waals surface area (Å²) in [5.74, 6) is -0.941. The molecular formula is C27H24ClNO6S. The second-order valence-corrected chi connectivity index (χ2v) is 9.80. The van der Waals surface area contributed by atoms with Crippen molar-refractivity contribution >= 4 is 50.8 Å². The summed E-state index contributed by atoms with van der Waals surface area (Å²) < 4.78 is 16.9. The van der Waals surface area contributed by atoms with Gasteiger partial charge >= 0.3 is 5.97 Å². The zero-order chi connectivity index (χ0) is 26.0. The lowest BCUT2D eigenvalue weighted by Crippen LogP contribution is -2.23. The number of anilines is 1. The third kappa shape index (κ3) is 5.15. The molecular weight excluding hydrogens is 502 g/mol. The highest BCUT2D eigenvalue weighted by atomic mass is 35.5. The summed E-state index contributed by atoms with van der Waals surface area (Å²) in [7, 11) is 0. The summed E-state index contributed by atoms with van der Waals surface area (Å²) in [6.45, 7) is 7.01. The van der Waals surface area contributed by atoms with Crippen LogP contribution in [0.4, 0.5) is 5.00 Å². The number of hydrogen-bond donors (Lipinski definition) is 1. The predicted octanol–water partition coefficient (Wildman–Crippen LogP) is 6.29. The molecule has 0 aliphatic rings. The Kier molecular flexibility index (Phi) is 7.47. The maximum absolute atomic E-state index is 13.3. The molecule has 1 amide bonds. The summed E-state index contributed by atoms with van der Waals surface area (Å²) in [6.07, 6.45) is 0. The Morgan fingerprint density at radius 3 is 2.50 bits per heavy atom. The van der Waals surface area contributed by atoms with Crippen LogP contribution in [-0.4, -0.2) is 25.1 Å². The number of amides is 1. The van der Waals surface area contributed by atoms with Crippen LogP contribution in [0, 0.1) is 20.8 Å². The van der Waals surface area contributed by atoms with Gasteiger partial charge in [0.15, 0.2) is 12.4 Å². The van der Waals surface area contributed by atoms with Gasteiger partial charge in [-0.15, -0.1) is 11.3 Å². The molecule has 7 nitrogen and oxygen atoms in total. The molecule has 0 spiro atoms. The number of thiophene rings is 1. The molecule has 0 bridgehead atoms.